The molecule has 22 heavy (non-hydrogen) atoms. The Morgan fingerprint density at radius 2 is 2.14 bits per heavy atom. The number of benzene rings is 1. The van der Waals surface area contributed by atoms with Gasteiger partial charge in [0.05, 0.1) is 24.6 Å². The third-order valence-electron chi connectivity index (χ3n) is 4.17. The van der Waals surface area contributed by atoms with Crippen molar-refractivity contribution >= 4 is 10.9 Å². The highest BCUT2D eigenvalue weighted by atomic mass is 16.5. The molecule has 0 radical (unpaired) electrons. The second-order valence-electron chi connectivity index (χ2n) is 5.81. The normalized spacial score (nSPS) is 16.8. The first kappa shape index (κ1) is 14.8. The van der Waals surface area contributed by atoms with Crippen LogP contribution in [0.1, 0.15) is 12.8 Å². The lowest BCUT2D eigenvalue weighted by molar-refractivity contribution is 0.160. The van der Waals surface area contributed by atoms with Crippen molar-refractivity contribution in [2.45, 2.75) is 12.8 Å². The van der Waals surface area contributed by atoms with Gasteiger partial charge in [0.25, 0.3) is 11.6 Å². The molecular formula is C16H21N3O3. The summed E-state index contributed by atoms with van der Waals surface area (Å²) in [5.41, 5.74) is 0.380. The fourth-order valence-corrected chi connectivity index (χ4v) is 2.73. The van der Waals surface area contributed by atoms with E-state index in [4.69, 9.17) is 9.47 Å². The number of fused-ring (bicyclic) bond motifs is 1. The van der Waals surface area contributed by atoms with E-state index < -0.39 is 0 Å². The van der Waals surface area contributed by atoms with Crippen molar-refractivity contribution in [1.82, 2.24) is 14.9 Å². The Balaban J connectivity index is 1.73. The quantitative estimate of drug-likeness (QED) is 0.930. The van der Waals surface area contributed by atoms with Crippen LogP contribution in [0, 0.1) is 5.92 Å². The summed E-state index contributed by atoms with van der Waals surface area (Å²) >= 11 is 0. The number of nitrogens with one attached hydrogen (secondary N) is 1. The fourth-order valence-electron chi connectivity index (χ4n) is 2.73. The average Bonchev–Trinajstić information content (AvgIpc) is 2.54. The Hall–Kier alpha value is -2.08. The Morgan fingerprint density at radius 1 is 1.36 bits per heavy atom. The maximum absolute atomic E-state index is 11.9. The number of rotatable bonds is 4. The van der Waals surface area contributed by atoms with Crippen LogP contribution in [0.3, 0.4) is 0 Å². The number of hydrogen-bond acceptors (Lipinski definition) is 5. The minimum absolute atomic E-state index is 0.205. The van der Waals surface area contributed by atoms with E-state index in [0.29, 0.717) is 23.4 Å². The van der Waals surface area contributed by atoms with Crippen molar-refractivity contribution in [1.29, 1.82) is 0 Å². The first-order valence-electron chi connectivity index (χ1n) is 7.55. The molecule has 1 aliphatic heterocycles. The van der Waals surface area contributed by atoms with E-state index in [-0.39, 0.29) is 11.6 Å². The van der Waals surface area contributed by atoms with Gasteiger partial charge in [-0.05, 0) is 51.0 Å². The lowest BCUT2D eigenvalue weighted by atomic mass is 9.98. The van der Waals surface area contributed by atoms with Gasteiger partial charge in [-0.15, -0.1) is 0 Å². The van der Waals surface area contributed by atoms with Crippen LogP contribution < -0.4 is 15.0 Å². The van der Waals surface area contributed by atoms with Crippen molar-refractivity contribution in [3.8, 4) is 11.8 Å². The molecule has 0 spiro atoms. The van der Waals surface area contributed by atoms with Gasteiger partial charge in [-0.25, -0.2) is 0 Å². The largest absolute Gasteiger partial charge is 0.493 e. The zero-order chi connectivity index (χ0) is 15.5. The van der Waals surface area contributed by atoms with Crippen molar-refractivity contribution in [3.63, 3.8) is 0 Å². The molecule has 0 unspecified atom stereocenters. The molecule has 1 aromatic heterocycles. The number of nitrogens with zero attached hydrogens (tertiary/aromatic N) is 2. The van der Waals surface area contributed by atoms with Gasteiger partial charge in [-0.3, -0.25) is 9.78 Å². The van der Waals surface area contributed by atoms with Crippen LogP contribution in [0.4, 0.5) is 0 Å². The number of piperidine rings is 1. The molecule has 118 valence electrons. The molecule has 0 bridgehead atoms. The van der Waals surface area contributed by atoms with Gasteiger partial charge in [0.1, 0.15) is 5.75 Å². The maximum Gasteiger partial charge on any atom is 0.296 e. The first-order valence-corrected chi connectivity index (χ1v) is 7.55. The van der Waals surface area contributed by atoms with Gasteiger partial charge in [-0.1, -0.05) is 0 Å². The lowest BCUT2D eigenvalue weighted by Crippen LogP contribution is -2.32. The molecule has 0 aliphatic carbocycles. The van der Waals surface area contributed by atoms with E-state index in [1.54, 1.807) is 12.1 Å². The van der Waals surface area contributed by atoms with Gasteiger partial charge in [0.15, 0.2) is 0 Å². The summed E-state index contributed by atoms with van der Waals surface area (Å²) in [6, 6.07) is 5.57. The minimum Gasteiger partial charge on any atom is -0.493 e. The molecule has 3 rings (SSSR count). The highest BCUT2D eigenvalue weighted by Gasteiger charge is 2.17. The van der Waals surface area contributed by atoms with E-state index in [1.165, 1.54) is 7.11 Å². The summed E-state index contributed by atoms with van der Waals surface area (Å²) in [7, 11) is 3.63. The first-order chi connectivity index (χ1) is 10.7. The molecule has 1 aromatic carbocycles. The Labute approximate surface area is 129 Å². The SMILES string of the molecule is COc1nc2cc(OCC3CCN(C)CC3)ccc2c(=O)[nH]1. The molecule has 0 saturated carbocycles. The van der Waals surface area contributed by atoms with Crippen molar-refractivity contribution in [2.75, 3.05) is 33.9 Å². The summed E-state index contributed by atoms with van der Waals surface area (Å²) in [6.45, 7) is 2.96. The van der Waals surface area contributed by atoms with Gasteiger partial charge in [0.2, 0.25) is 0 Å². The molecule has 0 amide bonds. The predicted octanol–water partition coefficient (Wildman–Crippen LogP) is 1.65. The van der Waals surface area contributed by atoms with Crippen molar-refractivity contribution < 1.29 is 9.47 Å². The summed E-state index contributed by atoms with van der Waals surface area (Å²) in [5.74, 6) is 1.33. The van der Waals surface area contributed by atoms with Crippen molar-refractivity contribution in [3.05, 3.63) is 28.6 Å². The van der Waals surface area contributed by atoms with Gasteiger partial charge in [-0.2, -0.15) is 4.98 Å². The van der Waals surface area contributed by atoms with Gasteiger partial charge < -0.3 is 14.4 Å². The highest BCUT2D eigenvalue weighted by molar-refractivity contribution is 5.79. The number of hydrogen-bond donors (Lipinski definition) is 1. The summed E-state index contributed by atoms with van der Waals surface area (Å²) < 4.78 is 10.9. The topological polar surface area (TPSA) is 67.5 Å². The smallest absolute Gasteiger partial charge is 0.296 e. The van der Waals surface area contributed by atoms with Gasteiger partial charge in [0, 0.05) is 6.07 Å². The van der Waals surface area contributed by atoms with Crippen LogP contribution in [-0.2, 0) is 0 Å². The molecule has 1 N–H and O–H groups in total. The second kappa shape index (κ2) is 6.36. The van der Waals surface area contributed by atoms with E-state index in [0.717, 1.165) is 31.7 Å². The Morgan fingerprint density at radius 3 is 2.86 bits per heavy atom. The molecule has 1 saturated heterocycles. The Kier molecular flexibility index (Phi) is 4.29. The molecule has 2 aromatic rings. The summed E-state index contributed by atoms with van der Waals surface area (Å²) in [4.78, 5) is 21.1. The molecule has 1 fully saturated rings. The molecule has 1 aliphatic rings. The fraction of sp³-hybridized carbons (Fsp3) is 0.500. The molecular weight excluding hydrogens is 282 g/mol. The Bertz CT molecular complexity index is 705. The number of ether oxygens (including phenoxy) is 2. The molecule has 2 heterocycles. The molecule has 0 atom stereocenters. The highest BCUT2D eigenvalue weighted by Crippen LogP contribution is 2.21. The van der Waals surface area contributed by atoms with Crippen LogP contribution in [0.15, 0.2) is 23.0 Å². The second-order valence-corrected chi connectivity index (χ2v) is 5.81. The van der Waals surface area contributed by atoms with E-state index >= 15 is 0 Å². The monoisotopic (exact) mass is 303 g/mol. The van der Waals surface area contributed by atoms with E-state index in [1.807, 2.05) is 6.07 Å². The number of H-pyrrole nitrogens is 1. The zero-order valence-corrected chi connectivity index (χ0v) is 13.0. The third-order valence-corrected chi connectivity index (χ3v) is 4.17. The molecule has 6 nitrogen and oxygen atoms in total. The predicted molar refractivity (Wildman–Crippen MR) is 84.6 cm³/mol. The zero-order valence-electron chi connectivity index (χ0n) is 13.0. The third kappa shape index (κ3) is 3.22. The summed E-state index contributed by atoms with van der Waals surface area (Å²) in [5, 5.41) is 0.535. The van der Waals surface area contributed by atoms with E-state index in [2.05, 4.69) is 21.9 Å². The summed E-state index contributed by atoms with van der Waals surface area (Å²) in [6.07, 6.45) is 2.33. The molecule has 6 heteroatoms. The van der Waals surface area contributed by atoms with E-state index in [9.17, 15) is 4.79 Å². The van der Waals surface area contributed by atoms with Crippen LogP contribution in [-0.4, -0.2) is 48.7 Å². The number of methoxy groups -OCH3 is 1. The average molecular weight is 303 g/mol. The van der Waals surface area contributed by atoms with Crippen molar-refractivity contribution in [2.24, 2.45) is 5.92 Å². The maximum atomic E-state index is 11.9. The minimum atomic E-state index is -0.205. The lowest BCUT2D eigenvalue weighted by Gasteiger charge is -2.28. The van der Waals surface area contributed by atoms with Crippen LogP contribution in [0.25, 0.3) is 10.9 Å². The number of aromatic amines is 1. The van der Waals surface area contributed by atoms with Crippen LogP contribution >= 0.6 is 0 Å². The van der Waals surface area contributed by atoms with Crippen LogP contribution in [0.5, 0.6) is 11.8 Å². The van der Waals surface area contributed by atoms with Crippen LogP contribution in [0.2, 0.25) is 0 Å². The standard InChI is InChI=1S/C16H21N3O3/c1-19-7-5-11(6-8-19)10-22-12-3-4-13-14(9-12)17-16(21-2)18-15(13)20/h3-4,9,11H,5-8,10H2,1-2H3,(H,17,18,20). The number of aromatic nitrogens is 2. The number of likely N-dealkylation sites (tertiary alicyclic amines) is 1. The van der Waals surface area contributed by atoms with Gasteiger partial charge >= 0.3 is 0 Å².